The zero-order valence-corrected chi connectivity index (χ0v) is 10.1. The first-order valence-corrected chi connectivity index (χ1v) is 6.03. The second-order valence-corrected chi connectivity index (χ2v) is 4.07. The number of aryl methyl sites for hydroxylation is 2. The second kappa shape index (κ2) is 6.36. The van der Waals surface area contributed by atoms with E-state index in [2.05, 4.69) is 13.8 Å². The van der Waals surface area contributed by atoms with Gasteiger partial charge in [-0.2, -0.15) is 0 Å². The number of hydrogen-bond acceptors (Lipinski definition) is 2. The fraction of sp³-hybridized carbons (Fsp3) is 0.615. The molecule has 0 aliphatic carbocycles. The molecule has 1 N–H and O–H groups in total. The zero-order chi connectivity index (χ0) is 12.0. The first-order valence-electron chi connectivity index (χ1n) is 6.03. The third-order valence-corrected chi connectivity index (χ3v) is 2.66. The van der Waals surface area contributed by atoms with Crippen LogP contribution in [0.1, 0.15) is 61.4 Å². The molecule has 0 aliphatic rings. The van der Waals surface area contributed by atoms with Gasteiger partial charge in [0.25, 0.3) is 0 Å². The number of aromatic carboxylic acids is 1. The van der Waals surface area contributed by atoms with Gasteiger partial charge in [-0.05, 0) is 30.9 Å². The SMILES string of the molecule is CCCCc1cc(C(=O)O)oc1CCCC. The summed E-state index contributed by atoms with van der Waals surface area (Å²) in [6.45, 7) is 4.25. The van der Waals surface area contributed by atoms with Crippen molar-refractivity contribution in [2.45, 2.75) is 52.4 Å². The molecule has 0 radical (unpaired) electrons. The number of carbonyl (C=O) groups is 1. The smallest absolute Gasteiger partial charge is 0.371 e. The van der Waals surface area contributed by atoms with E-state index in [1.165, 1.54) is 0 Å². The highest BCUT2D eigenvalue weighted by atomic mass is 16.4. The summed E-state index contributed by atoms with van der Waals surface area (Å²) in [5, 5.41) is 8.88. The Labute approximate surface area is 96.5 Å². The van der Waals surface area contributed by atoms with Crippen LogP contribution in [-0.2, 0) is 12.8 Å². The molecule has 0 saturated carbocycles. The van der Waals surface area contributed by atoms with Gasteiger partial charge in [0, 0.05) is 6.42 Å². The van der Waals surface area contributed by atoms with E-state index in [1.807, 2.05) is 0 Å². The van der Waals surface area contributed by atoms with E-state index >= 15 is 0 Å². The Hall–Kier alpha value is -1.25. The monoisotopic (exact) mass is 224 g/mol. The maximum atomic E-state index is 10.8. The fourth-order valence-corrected chi connectivity index (χ4v) is 1.70. The van der Waals surface area contributed by atoms with Gasteiger partial charge < -0.3 is 9.52 Å². The molecular formula is C13H20O3. The maximum absolute atomic E-state index is 10.8. The number of furan rings is 1. The van der Waals surface area contributed by atoms with Crippen LogP contribution in [0.15, 0.2) is 10.5 Å². The Morgan fingerprint density at radius 3 is 2.44 bits per heavy atom. The summed E-state index contributed by atoms with van der Waals surface area (Å²) in [4.78, 5) is 10.8. The lowest BCUT2D eigenvalue weighted by molar-refractivity contribution is 0.0660. The fourth-order valence-electron chi connectivity index (χ4n) is 1.70. The van der Waals surface area contributed by atoms with Gasteiger partial charge in [0.2, 0.25) is 5.76 Å². The molecule has 0 fully saturated rings. The van der Waals surface area contributed by atoms with E-state index in [0.29, 0.717) is 0 Å². The van der Waals surface area contributed by atoms with Gasteiger partial charge in [-0.25, -0.2) is 4.79 Å². The van der Waals surface area contributed by atoms with Crippen molar-refractivity contribution >= 4 is 5.97 Å². The first kappa shape index (κ1) is 12.8. The molecule has 0 spiro atoms. The van der Waals surface area contributed by atoms with Crippen molar-refractivity contribution in [3.8, 4) is 0 Å². The standard InChI is InChI=1S/C13H20O3/c1-3-5-7-10-9-12(13(14)15)16-11(10)8-6-4-2/h9H,3-8H2,1-2H3,(H,14,15). The van der Waals surface area contributed by atoms with Gasteiger partial charge in [-0.15, -0.1) is 0 Å². The van der Waals surface area contributed by atoms with E-state index in [1.54, 1.807) is 6.07 Å². The molecule has 0 aliphatic heterocycles. The lowest BCUT2D eigenvalue weighted by Crippen LogP contribution is -1.92. The van der Waals surface area contributed by atoms with Crippen molar-refractivity contribution in [3.63, 3.8) is 0 Å². The molecular weight excluding hydrogens is 204 g/mol. The van der Waals surface area contributed by atoms with E-state index in [4.69, 9.17) is 9.52 Å². The van der Waals surface area contributed by atoms with Crippen LogP contribution in [0, 0.1) is 0 Å². The van der Waals surface area contributed by atoms with E-state index < -0.39 is 5.97 Å². The molecule has 0 atom stereocenters. The van der Waals surface area contributed by atoms with Gasteiger partial charge >= 0.3 is 5.97 Å². The molecule has 3 heteroatoms. The van der Waals surface area contributed by atoms with Gasteiger partial charge in [0.15, 0.2) is 0 Å². The third-order valence-electron chi connectivity index (χ3n) is 2.66. The molecule has 90 valence electrons. The maximum Gasteiger partial charge on any atom is 0.371 e. The molecule has 0 unspecified atom stereocenters. The number of hydrogen-bond donors (Lipinski definition) is 1. The van der Waals surface area contributed by atoms with Gasteiger partial charge in [-0.3, -0.25) is 0 Å². The average molecular weight is 224 g/mol. The van der Waals surface area contributed by atoms with Crippen LogP contribution in [0.3, 0.4) is 0 Å². The first-order chi connectivity index (χ1) is 7.69. The highest BCUT2D eigenvalue weighted by Gasteiger charge is 2.14. The molecule has 0 bridgehead atoms. The normalized spacial score (nSPS) is 10.6. The predicted octanol–water partition coefficient (Wildman–Crippen LogP) is 3.66. The van der Waals surface area contributed by atoms with Crippen molar-refractivity contribution in [2.75, 3.05) is 0 Å². The van der Waals surface area contributed by atoms with Crippen molar-refractivity contribution in [3.05, 3.63) is 23.2 Å². The summed E-state index contributed by atoms with van der Waals surface area (Å²) < 4.78 is 5.38. The van der Waals surface area contributed by atoms with Crippen molar-refractivity contribution in [1.29, 1.82) is 0 Å². The van der Waals surface area contributed by atoms with Crippen LogP contribution in [-0.4, -0.2) is 11.1 Å². The molecule has 1 aromatic rings. The Kier molecular flexibility index (Phi) is 5.09. The van der Waals surface area contributed by atoms with Crippen LogP contribution in [0.5, 0.6) is 0 Å². The minimum Gasteiger partial charge on any atom is -0.475 e. The summed E-state index contributed by atoms with van der Waals surface area (Å²) in [6, 6.07) is 1.68. The topological polar surface area (TPSA) is 50.4 Å². The van der Waals surface area contributed by atoms with Crippen LogP contribution in [0.25, 0.3) is 0 Å². The number of carboxylic acid groups (broad SMARTS) is 1. The quantitative estimate of drug-likeness (QED) is 0.768. The van der Waals surface area contributed by atoms with E-state index in [9.17, 15) is 4.79 Å². The number of unbranched alkanes of at least 4 members (excludes halogenated alkanes) is 2. The number of rotatable bonds is 7. The van der Waals surface area contributed by atoms with Crippen LogP contribution in [0.2, 0.25) is 0 Å². The highest BCUT2D eigenvalue weighted by Crippen LogP contribution is 2.20. The lowest BCUT2D eigenvalue weighted by atomic mass is 10.1. The molecule has 0 saturated heterocycles. The Morgan fingerprint density at radius 1 is 1.25 bits per heavy atom. The minimum absolute atomic E-state index is 0.0807. The molecule has 3 nitrogen and oxygen atoms in total. The van der Waals surface area contributed by atoms with Crippen molar-refractivity contribution in [1.82, 2.24) is 0 Å². The Bertz CT molecular complexity index is 313. The second-order valence-electron chi connectivity index (χ2n) is 4.07. The Morgan fingerprint density at radius 2 is 1.88 bits per heavy atom. The summed E-state index contributed by atoms with van der Waals surface area (Å²) in [6.07, 6.45) is 6.11. The molecule has 0 amide bonds. The lowest BCUT2D eigenvalue weighted by Gasteiger charge is -2.00. The Balaban J connectivity index is 2.79. The van der Waals surface area contributed by atoms with Crippen LogP contribution < -0.4 is 0 Å². The molecule has 1 aromatic heterocycles. The highest BCUT2D eigenvalue weighted by molar-refractivity contribution is 5.84. The van der Waals surface area contributed by atoms with E-state index in [0.717, 1.165) is 49.8 Å². The number of carboxylic acids is 1. The summed E-state index contributed by atoms with van der Waals surface area (Å²) in [7, 11) is 0. The van der Waals surface area contributed by atoms with E-state index in [-0.39, 0.29) is 5.76 Å². The third kappa shape index (κ3) is 3.40. The van der Waals surface area contributed by atoms with Crippen LogP contribution >= 0.6 is 0 Å². The van der Waals surface area contributed by atoms with Gasteiger partial charge in [0.05, 0.1) is 0 Å². The van der Waals surface area contributed by atoms with Crippen molar-refractivity contribution < 1.29 is 14.3 Å². The molecule has 16 heavy (non-hydrogen) atoms. The summed E-state index contributed by atoms with van der Waals surface area (Å²) in [5.74, 6) is -0.0228. The average Bonchev–Trinajstić information content (AvgIpc) is 2.67. The molecule has 1 rings (SSSR count). The largest absolute Gasteiger partial charge is 0.475 e. The van der Waals surface area contributed by atoms with Crippen molar-refractivity contribution in [2.24, 2.45) is 0 Å². The summed E-state index contributed by atoms with van der Waals surface area (Å²) >= 11 is 0. The van der Waals surface area contributed by atoms with Crippen LogP contribution in [0.4, 0.5) is 0 Å². The summed E-state index contributed by atoms with van der Waals surface area (Å²) in [5.41, 5.74) is 1.08. The molecule has 0 aromatic carbocycles. The zero-order valence-electron chi connectivity index (χ0n) is 10.1. The van der Waals surface area contributed by atoms with Gasteiger partial charge in [0.1, 0.15) is 5.76 Å². The molecule has 1 heterocycles. The van der Waals surface area contributed by atoms with Gasteiger partial charge in [-0.1, -0.05) is 26.7 Å². The minimum atomic E-state index is -0.972. The predicted molar refractivity (Wildman–Crippen MR) is 62.9 cm³/mol.